The fourth-order valence-corrected chi connectivity index (χ4v) is 3.00. The second kappa shape index (κ2) is 8.55. The number of amides is 1. The number of aryl methyl sites for hydroxylation is 2. The van der Waals surface area contributed by atoms with E-state index < -0.39 is 5.91 Å². The maximum Gasteiger partial charge on any atom is 0.266 e. The molecule has 0 saturated carbocycles. The van der Waals surface area contributed by atoms with Gasteiger partial charge in [0.2, 0.25) is 0 Å². The number of hydrogen-bond acceptors (Lipinski definition) is 3. The number of carbonyl (C=O) groups is 1. The first kappa shape index (κ1) is 19.4. The van der Waals surface area contributed by atoms with Gasteiger partial charge in [-0.25, -0.2) is 0 Å². The maximum atomic E-state index is 12.5. The molecule has 3 rings (SSSR count). The van der Waals surface area contributed by atoms with E-state index in [4.69, 9.17) is 11.6 Å². The van der Waals surface area contributed by atoms with E-state index in [2.05, 4.69) is 10.4 Å². The van der Waals surface area contributed by atoms with Crippen molar-refractivity contribution in [1.82, 2.24) is 9.78 Å². The number of aromatic nitrogens is 2. The van der Waals surface area contributed by atoms with Crippen molar-refractivity contribution in [2.75, 3.05) is 5.32 Å². The molecule has 0 radical (unpaired) electrons. The summed E-state index contributed by atoms with van der Waals surface area (Å²) < 4.78 is 1.71. The summed E-state index contributed by atoms with van der Waals surface area (Å²) in [6, 6.07) is 15.2. The maximum absolute atomic E-state index is 12.5. The van der Waals surface area contributed by atoms with Gasteiger partial charge in [0.15, 0.2) is 0 Å². The fraction of sp³-hybridized carbons (Fsp3) is 0.136. The summed E-state index contributed by atoms with van der Waals surface area (Å²) >= 11 is 6.18. The average Bonchev–Trinajstić information content (AvgIpc) is 3.11. The van der Waals surface area contributed by atoms with Gasteiger partial charge in [0.1, 0.15) is 11.6 Å². The van der Waals surface area contributed by atoms with Crippen LogP contribution in [0.2, 0.25) is 5.02 Å². The van der Waals surface area contributed by atoms with Gasteiger partial charge in [0.05, 0.1) is 12.7 Å². The minimum Gasteiger partial charge on any atom is -0.321 e. The van der Waals surface area contributed by atoms with Crippen molar-refractivity contribution in [3.8, 4) is 6.07 Å². The molecule has 1 aromatic heterocycles. The van der Waals surface area contributed by atoms with Crippen molar-refractivity contribution >= 4 is 29.3 Å². The molecule has 1 heterocycles. The van der Waals surface area contributed by atoms with Crippen LogP contribution < -0.4 is 5.32 Å². The number of halogens is 1. The Bertz CT molecular complexity index is 1090. The van der Waals surface area contributed by atoms with Gasteiger partial charge in [-0.1, -0.05) is 47.5 Å². The molecule has 6 heteroatoms. The third kappa shape index (κ3) is 4.67. The minimum absolute atomic E-state index is 0.0114. The number of benzene rings is 2. The van der Waals surface area contributed by atoms with E-state index >= 15 is 0 Å². The van der Waals surface area contributed by atoms with Crippen molar-refractivity contribution < 1.29 is 4.79 Å². The SMILES string of the molecule is Cc1ccc(NC(=O)/C(C#N)=C/c2cnn(Cc3ccccc3Cl)c2)c(C)c1. The molecule has 0 aliphatic heterocycles. The Morgan fingerprint density at radius 1 is 1.29 bits per heavy atom. The van der Waals surface area contributed by atoms with Crippen molar-refractivity contribution in [1.29, 1.82) is 5.26 Å². The van der Waals surface area contributed by atoms with Gasteiger partial charge in [0, 0.05) is 22.5 Å². The van der Waals surface area contributed by atoms with Gasteiger partial charge >= 0.3 is 0 Å². The molecule has 0 aliphatic rings. The molecule has 0 aliphatic carbocycles. The van der Waals surface area contributed by atoms with E-state index in [9.17, 15) is 10.1 Å². The summed E-state index contributed by atoms with van der Waals surface area (Å²) in [5.41, 5.74) is 4.36. The predicted molar refractivity (Wildman–Crippen MR) is 111 cm³/mol. The second-order valence-corrected chi connectivity index (χ2v) is 6.91. The summed E-state index contributed by atoms with van der Waals surface area (Å²) in [4.78, 5) is 12.5. The zero-order chi connectivity index (χ0) is 20.1. The van der Waals surface area contributed by atoms with Crippen molar-refractivity contribution in [3.63, 3.8) is 0 Å². The Hall–Kier alpha value is -3.36. The van der Waals surface area contributed by atoms with Gasteiger partial charge in [-0.05, 0) is 43.2 Å². The lowest BCUT2D eigenvalue weighted by Gasteiger charge is -2.08. The quantitative estimate of drug-likeness (QED) is 0.505. The summed E-state index contributed by atoms with van der Waals surface area (Å²) in [6.07, 6.45) is 4.90. The molecule has 2 aromatic carbocycles. The van der Waals surface area contributed by atoms with E-state index in [-0.39, 0.29) is 5.57 Å². The Morgan fingerprint density at radius 3 is 2.79 bits per heavy atom. The average molecular weight is 391 g/mol. The molecule has 0 bridgehead atoms. The number of carbonyl (C=O) groups excluding carboxylic acids is 1. The van der Waals surface area contributed by atoms with Crippen LogP contribution in [0, 0.1) is 25.2 Å². The second-order valence-electron chi connectivity index (χ2n) is 6.50. The number of nitrogens with one attached hydrogen (secondary N) is 1. The molecule has 1 N–H and O–H groups in total. The highest BCUT2D eigenvalue weighted by molar-refractivity contribution is 6.31. The van der Waals surface area contributed by atoms with Gasteiger partial charge in [-0.15, -0.1) is 0 Å². The first-order valence-corrected chi connectivity index (χ1v) is 9.10. The number of nitriles is 1. The van der Waals surface area contributed by atoms with E-state index in [1.54, 1.807) is 17.1 Å². The largest absolute Gasteiger partial charge is 0.321 e. The van der Waals surface area contributed by atoms with Crippen molar-refractivity contribution in [2.24, 2.45) is 0 Å². The Morgan fingerprint density at radius 2 is 2.07 bits per heavy atom. The van der Waals surface area contributed by atoms with Crippen LogP contribution in [-0.2, 0) is 11.3 Å². The van der Waals surface area contributed by atoms with Crippen LogP contribution in [0.25, 0.3) is 6.08 Å². The van der Waals surface area contributed by atoms with E-state index in [0.717, 1.165) is 16.7 Å². The summed E-state index contributed by atoms with van der Waals surface area (Å²) in [7, 11) is 0. The standard InChI is InChI=1S/C22H19ClN4O/c1-15-7-8-21(16(2)9-15)26-22(28)19(11-24)10-17-12-25-27(13-17)14-18-5-3-4-6-20(18)23/h3-10,12-13H,14H2,1-2H3,(H,26,28)/b19-10+. The third-order valence-electron chi connectivity index (χ3n) is 4.25. The number of anilines is 1. The highest BCUT2D eigenvalue weighted by atomic mass is 35.5. The monoisotopic (exact) mass is 390 g/mol. The Labute approximate surface area is 168 Å². The van der Waals surface area contributed by atoms with Crippen LogP contribution in [0.15, 0.2) is 60.4 Å². The Kier molecular flexibility index (Phi) is 5.93. The number of rotatable bonds is 5. The smallest absolute Gasteiger partial charge is 0.266 e. The molecule has 1 amide bonds. The molecule has 140 valence electrons. The summed E-state index contributed by atoms with van der Waals surface area (Å²) in [6.45, 7) is 4.40. The first-order chi connectivity index (χ1) is 13.5. The molecule has 0 atom stereocenters. The van der Waals surface area contributed by atoms with Gasteiger partial charge in [-0.2, -0.15) is 10.4 Å². The molecular weight excluding hydrogens is 372 g/mol. The molecule has 0 spiro atoms. The molecule has 3 aromatic rings. The number of nitrogens with zero attached hydrogens (tertiary/aromatic N) is 3. The molecular formula is C22H19ClN4O. The van der Waals surface area contributed by atoms with Crippen molar-refractivity contribution in [2.45, 2.75) is 20.4 Å². The van der Waals surface area contributed by atoms with Gasteiger partial charge in [-0.3, -0.25) is 9.48 Å². The minimum atomic E-state index is -0.451. The van der Waals surface area contributed by atoms with Gasteiger partial charge in [0.25, 0.3) is 5.91 Å². The molecule has 28 heavy (non-hydrogen) atoms. The molecule has 0 fully saturated rings. The Balaban J connectivity index is 1.75. The number of hydrogen-bond donors (Lipinski definition) is 1. The summed E-state index contributed by atoms with van der Waals surface area (Å²) in [5.74, 6) is -0.451. The van der Waals surface area contributed by atoms with Gasteiger partial charge < -0.3 is 5.32 Å². The third-order valence-corrected chi connectivity index (χ3v) is 4.62. The van der Waals surface area contributed by atoms with E-state index in [1.807, 2.05) is 62.4 Å². The molecule has 0 saturated heterocycles. The van der Waals surface area contributed by atoms with Crippen LogP contribution in [0.5, 0.6) is 0 Å². The fourth-order valence-electron chi connectivity index (χ4n) is 2.80. The zero-order valence-corrected chi connectivity index (χ0v) is 16.4. The van der Waals surface area contributed by atoms with Crippen LogP contribution in [0.1, 0.15) is 22.3 Å². The lowest BCUT2D eigenvalue weighted by Crippen LogP contribution is -2.14. The molecule has 0 unspecified atom stereocenters. The van der Waals surface area contributed by atoms with Crippen LogP contribution in [0.4, 0.5) is 5.69 Å². The van der Waals surface area contributed by atoms with Crippen LogP contribution >= 0.6 is 11.6 Å². The van der Waals surface area contributed by atoms with Crippen LogP contribution in [0.3, 0.4) is 0 Å². The van der Waals surface area contributed by atoms with E-state index in [0.29, 0.717) is 22.8 Å². The summed E-state index contributed by atoms with van der Waals surface area (Å²) in [5, 5.41) is 17.1. The van der Waals surface area contributed by atoms with Crippen LogP contribution in [-0.4, -0.2) is 15.7 Å². The highest BCUT2D eigenvalue weighted by Gasteiger charge is 2.12. The first-order valence-electron chi connectivity index (χ1n) is 8.72. The molecule has 5 nitrogen and oxygen atoms in total. The van der Waals surface area contributed by atoms with E-state index in [1.165, 1.54) is 6.08 Å². The predicted octanol–water partition coefficient (Wildman–Crippen LogP) is 4.75. The topological polar surface area (TPSA) is 70.7 Å². The normalized spacial score (nSPS) is 11.1. The highest BCUT2D eigenvalue weighted by Crippen LogP contribution is 2.18. The zero-order valence-electron chi connectivity index (χ0n) is 15.6. The van der Waals surface area contributed by atoms with Crippen molar-refractivity contribution in [3.05, 3.63) is 87.7 Å². The lowest BCUT2D eigenvalue weighted by molar-refractivity contribution is -0.112. The lowest BCUT2D eigenvalue weighted by atomic mass is 10.1.